The third kappa shape index (κ3) is 4.47. The molecular formula is C23H21F3N4O3S. The van der Waals surface area contributed by atoms with Crippen molar-refractivity contribution in [3.8, 4) is 5.69 Å². The second-order valence-electron chi connectivity index (χ2n) is 7.90. The molecule has 178 valence electrons. The molecule has 1 aromatic carbocycles. The Balaban J connectivity index is 1.50. The topological polar surface area (TPSA) is 75.5 Å². The molecule has 0 saturated carbocycles. The summed E-state index contributed by atoms with van der Waals surface area (Å²) >= 11 is 1.34. The number of aryl methyl sites for hydroxylation is 1. The highest BCUT2D eigenvalue weighted by Gasteiger charge is 2.33. The molecule has 0 atom stereocenters. The van der Waals surface area contributed by atoms with Gasteiger partial charge in [-0.15, -0.1) is 11.3 Å². The van der Waals surface area contributed by atoms with E-state index in [2.05, 4.69) is 5.10 Å². The SMILES string of the molecule is Cc1nn(-c2cccc(C(F)(F)F)c2)c(C)c1C(=O)C(=O)N1CCN(C(=O)c2cccs2)CC1. The molecule has 0 aliphatic carbocycles. The molecule has 34 heavy (non-hydrogen) atoms. The second-order valence-corrected chi connectivity index (χ2v) is 8.84. The number of Topliss-reactive ketones (excluding diaryl/α,β-unsaturated/α-hetero) is 1. The Morgan fingerprint density at radius 3 is 2.26 bits per heavy atom. The maximum absolute atomic E-state index is 13.1. The summed E-state index contributed by atoms with van der Waals surface area (Å²) in [5.74, 6) is -1.60. The van der Waals surface area contributed by atoms with E-state index in [4.69, 9.17) is 0 Å². The Hall–Kier alpha value is -3.47. The highest BCUT2D eigenvalue weighted by Crippen LogP contribution is 2.31. The lowest BCUT2D eigenvalue weighted by Crippen LogP contribution is -2.52. The van der Waals surface area contributed by atoms with Crippen LogP contribution >= 0.6 is 11.3 Å². The first-order chi connectivity index (χ1) is 16.1. The number of amides is 2. The van der Waals surface area contributed by atoms with Gasteiger partial charge in [0.2, 0.25) is 0 Å². The standard InChI is InChI=1S/C23H21F3N4O3S/c1-14-19(15(2)30(27-14)17-6-3-5-16(13-17)23(24,25)26)20(31)22(33)29-10-8-28(9-11-29)21(32)18-7-4-12-34-18/h3-7,12-13H,8-11H2,1-2H3. The molecule has 1 aliphatic heterocycles. The normalized spacial score (nSPS) is 14.4. The van der Waals surface area contributed by atoms with Gasteiger partial charge in [0, 0.05) is 26.2 Å². The Morgan fingerprint density at radius 1 is 0.971 bits per heavy atom. The first-order valence-corrected chi connectivity index (χ1v) is 11.4. The minimum Gasteiger partial charge on any atom is -0.334 e. The molecule has 1 aliphatic rings. The third-order valence-electron chi connectivity index (χ3n) is 5.72. The van der Waals surface area contributed by atoms with Crippen LogP contribution in [0.15, 0.2) is 41.8 Å². The fourth-order valence-corrected chi connectivity index (χ4v) is 4.65. The third-order valence-corrected chi connectivity index (χ3v) is 6.57. The van der Waals surface area contributed by atoms with E-state index < -0.39 is 23.4 Å². The van der Waals surface area contributed by atoms with Gasteiger partial charge in [0.15, 0.2) is 0 Å². The van der Waals surface area contributed by atoms with E-state index in [0.29, 0.717) is 18.0 Å². The van der Waals surface area contributed by atoms with E-state index >= 15 is 0 Å². The minimum atomic E-state index is -4.52. The molecule has 0 bridgehead atoms. The Morgan fingerprint density at radius 2 is 1.65 bits per heavy atom. The van der Waals surface area contributed by atoms with Crippen molar-refractivity contribution in [2.75, 3.05) is 26.2 Å². The number of carbonyl (C=O) groups is 3. The molecule has 0 spiro atoms. The van der Waals surface area contributed by atoms with Crippen LogP contribution in [0.5, 0.6) is 0 Å². The zero-order chi connectivity index (χ0) is 24.6. The molecule has 4 rings (SSSR count). The van der Waals surface area contributed by atoms with E-state index in [0.717, 1.165) is 12.1 Å². The van der Waals surface area contributed by atoms with Gasteiger partial charge in [-0.25, -0.2) is 4.68 Å². The van der Waals surface area contributed by atoms with Crippen LogP contribution in [0.2, 0.25) is 0 Å². The van der Waals surface area contributed by atoms with Gasteiger partial charge in [-0.2, -0.15) is 18.3 Å². The van der Waals surface area contributed by atoms with E-state index in [1.165, 1.54) is 40.0 Å². The maximum atomic E-state index is 13.1. The van der Waals surface area contributed by atoms with E-state index in [-0.39, 0.29) is 41.6 Å². The molecule has 3 aromatic rings. The van der Waals surface area contributed by atoms with Gasteiger partial charge in [0.25, 0.3) is 17.6 Å². The second kappa shape index (κ2) is 9.05. The van der Waals surface area contributed by atoms with Gasteiger partial charge in [-0.3, -0.25) is 14.4 Å². The highest BCUT2D eigenvalue weighted by atomic mass is 32.1. The predicted octanol–water partition coefficient (Wildman–Crippen LogP) is 3.74. The number of ketones is 1. The number of aromatic nitrogens is 2. The van der Waals surface area contributed by atoms with Crippen molar-refractivity contribution in [1.82, 2.24) is 19.6 Å². The number of nitrogens with zero attached hydrogens (tertiary/aromatic N) is 4. The van der Waals surface area contributed by atoms with Crippen LogP contribution < -0.4 is 0 Å². The van der Waals surface area contributed by atoms with Crippen molar-refractivity contribution < 1.29 is 27.6 Å². The largest absolute Gasteiger partial charge is 0.416 e. The van der Waals surface area contributed by atoms with Gasteiger partial charge in [0.05, 0.1) is 33.1 Å². The average Bonchev–Trinajstić information content (AvgIpc) is 3.45. The zero-order valence-electron chi connectivity index (χ0n) is 18.4. The summed E-state index contributed by atoms with van der Waals surface area (Å²) in [6, 6.07) is 8.14. The zero-order valence-corrected chi connectivity index (χ0v) is 19.2. The van der Waals surface area contributed by atoms with Gasteiger partial charge < -0.3 is 9.80 Å². The van der Waals surface area contributed by atoms with E-state index in [1.807, 2.05) is 5.38 Å². The first-order valence-electron chi connectivity index (χ1n) is 10.5. The molecule has 0 N–H and O–H groups in total. The number of hydrogen-bond donors (Lipinski definition) is 0. The molecule has 7 nitrogen and oxygen atoms in total. The molecule has 1 saturated heterocycles. The summed E-state index contributed by atoms with van der Waals surface area (Å²) in [6.07, 6.45) is -4.52. The number of benzene rings is 1. The molecule has 2 amide bonds. The number of hydrogen-bond acceptors (Lipinski definition) is 5. The number of thiophene rings is 1. The quantitative estimate of drug-likeness (QED) is 0.413. The van der Waals surface area contributed by atoms with Crippen LogP contribution in [0.25, 0.3) is 5.69 Å². The number of alkyl halides is 3. The first kappa shape index (κ1) is 23.7. The maximum Gasteiger partial charge on any atom is 0.416 e. The van der Waals surface area contributed by atoms with Crippen LogP contribution in [0, 0.1) is 13.8 Å². The lowest BCUT2D eigenvalue weighted by molar-refractivity contribution is -0.137. The summed E-state index contributed by atoms with van der Waals surface area (Å²) in [6.45, 7) is 4.10. The minimum absolute atomic E-state index is 0.0690. The summed E-state index contributed by atoms with van der Waals surface area (Å²) in [5.41, 5.74) is -0.0972. The van der Waals surface area contributed by atoms with Gasteiger partial charge in [0.1, 0.15) is 0 Å². The van der Waals surface area contributed by atoms with Gasteiger partial charge in [-0.1, -0.05) is 12.1 Å². The van der Waals surface area contributed by atoms with E-state index in [9.17, 15) is 27.6 Å². The summed E-state index contributed by atoms with van der Waals surface area (Å²) in [4.78, 5) is 42.1. The van der Waals surface area contributed by atoms with Crippen molar-refractivity contribution in [1.29, 1.82) is 0 Å². The fraction of sp³-hybridized carbons (Fsp3) is 0.304. The number of rotatable bonds is 4. The lowest BCUT2D eigenvalue weighted by atomic mass is 10.1. The summed E-state index contributed by atoms with van der Waals surface area (Å²) < 4.78 is 40.6. The summed E-state index contributed by atoms with van der Waals surface area (Å²) in [7, 11) is 0. The van der Waals surface area contributed by atoms with Crippen molar-refractivity contribution in [3.05, 3.63) is 69.2 Å². The van der Waals surface area contributed by atoms with Crippen LogP contribution in [-0.4, -0.2) is 63.4 Å². The molecule has 3 heterocycles. The Labute approximate surface area is 197 Å². The Kier molecular flexibility index (Phi) is 6.30. The van der Waals surface area contributed by atoms with Crippen molar-refractivity contribution in [2.24, 2.45) is 0 Å². The van der Waals surface area contributed by atoms with Crippen LogP contribution in [0.4, 0.5) is 13.2 Å². The van der Waals surface area contributed by atoms with Crippen LogP contribution in [-0.2, 0) is 11.0 Å². The number of piperazine rings is 1. The van der Waals surface area contributed by atoms with Crippen molar-refractivity contribution in [3.63, 3.8) is 0 Å². The number of halogens is 3. The summed E-state index contributed by atoms with van der Waals surface area (Å²) in [5, 5.41) is 6.04. The van der Waals surface area contributed by atoms with Crippen molar-refractivity contribution >= 4 is 28.9 Å². The monoisotopic (exact) mass is 490 g/mol. The predicted molar refractivity (Wildman–Crippen MR) is 119 cm³/mol. The molecule has 0 radical (unpaired) electrons. The van der Waals surface area contributed by atoms with E-state index in [1.54, 1.807) is 24.0 Å². The van der Waals surface area contributed by atoms with Gasteiger partial charge >= 0.3 is 6.18 Å². The lowest BCUT2D eigenvalue weighted by Gasteiger charge is -2.34. The molecular weight excluding hydrogens is 469 g/mol. The number of carbonyl (C=O) groups excluding carboxylic acids is 3. The Bertz CT molecular complexity index is 1240. The smallest absolute Gasteiger partial charge is 0.334 e. The molecule has 1 fully saturated rings. The van der Waals surface area contributed by atoms with Crippen LogP contribution in [0.3, 0.4) is 0 Å². The van der Waals surface area contributed by atoms with Crippen molar-refractivity contribution in [2.45, 2.75) is 20.0 Å². The molecule has 11 heteroatoms. The molecule has 2 aromatic heterocycles. The highest BCUT2D eigenvalue weighted by molar-refractivity contribution is 7.12. The average molecular weight is 491 g/mol. The molecule has 0 unspecified atom stereocenters. The van der Waals surface area contributed by atoms with Crippen LogP contribution in [0.1, 0.15) is 37.0 Å². The van der Waals surface area contributed by atoms with Gasteiger partial charge in [-0.05, 0) is 43.5 Å². The fourth-order valence-electron chi connectivity index (χ4n) is 3.96.